The van der Waals surface area contributed by atoms with Crippen LogP contribution >= 0.6 is 28.1 Å². The van der Waals surface area contributed by atoms with Crippen molar-refractivity contribution in [1.82, 2.24) is 4.72 Å². The molecule has 9 heteroatoms. The van der Waals surface area contributed by atoms with Crippen molar-refractivity contribution in [3.8, 4) is 0 Å². The van der Waals surface area contributed by atoms with Crippen LogP contribution < -0.4 is 10.0 Å². The third-order valence-corrected chi connectivity index (χ3v) is 6.57. The normalized spacial score (nSPS) is 12.2. The number of benzene rings is 2. The third-order valence-electron chi connectivity index (χ3n) is 4.16. The number of rotatable bonds is 10. The molecule has 162 valence electrons. The van der Waals surface area contributed by atoms with Gasteiger partial charge in [0.1, 0.15) is 0 Å². The maximum absolute atomic E-state index is 12.8. The van der Waals surface area contributed by atoms with Gasteiger partial charge < -0.3 is 10.1 Å². The van der Waals surface area contributed by atoms with Crippen LogP contribution in [0.15, 0.2) is 57.9 Å². The van der Waals surface area contributed by atoms with Crippen LogP contribution in [-0.2, 0) is 26.0 Å². The van der Waals surface area contributed by atoms with Gasteiger partial charge in [-0.3, -0.25) is 4.79 Å². The number of halogens is 1. The fourth-order valence-corrected chi connectivity index (χ4v) is 4.64. The maximum atomic E-state index is 12.8. The van der Waals surface area contributed by atoms with E-state index in [9.17, 15) is 13.2 Å². The molecule has 1 atom stereocenters. The fraction of sp³-hybridized carbons (Fsp3) is 0.333. The molecule has 2 aromatic carbocycles. The third kappa shape index (κ3) is 7.46. The largest absolute Gasteiger partial charge is 0.466 e. The van der Waals surface area contributed by atoms with Gasteiger partial charge in [0.2, 0.25) is 10.0 Å². The molecule has 0 aromatic heterocycles. The van der Waals surface area contributed by atoms with E-state index in [4.69, 9.17) is 17.0 Å². The summed E-state index contributed by atoms with van der Waals surface area (Å²) in [6.45, 7) is 4.05. The van der Waals surface area contributed by atoms with E-state index in [0.717, 1.165) is 16.5 Å². The van der Waals surface area contributed by atoms with Gasteiger partial charge in [0, 0.05) is 10.2 Å². The molecule has 30 heavy (non-hydrogen) atoms. The standard InChI is InChI=1S/C21H25BrN2O4S2/c1-3-6-19(24-30(26,27)18-11-9-16(22)10-12-18)21(29)23-17-8-5-7-15(13-17)14-20(25)28-4-2/h5,7-13,19,24H,3-4,6,14H2,1-2H3,(H,23,29)/t19-/m0/s1. The van der Waals surface area contributed by atoms with Gasteiger partial charge in [-0.1, -0.05) is 53.6 Å². The van der Waals surface area contributed by atoms with Crippen molar-refractivity contribution in [3.05, 3.63) is 58.6 Å². The summed E-state index contributed by atoms with van der Waals surface area (Å²) in [6, 6.07) is 13.1. The minimum atomic E-state index is -3.73. The molecule has 0 spiro atoms. The zero-order chi connectivity index (χ0) is 22.1. The van der Waals surface area contributed by atoms with Gasteiger partial charge in [-0.2, -0.15) is 0 Å². The van der Waals surface area contributed by atoms with Crippen molar-refractivity contribution < 1.29 is 17.9 Å². The molecule has 0 unspecified atom stereocenters. The molecule has 2 N–H and O–H groups in total. The highest BCUT2D eigenvalue weighted by atomic mass is 79.9. The number of anilines is 1. The second-order valence-corrected chi connectivity index (χ2v) is 9.66. The fourth-order valence-electron chi connectivity index (χ4n) is 2.77. The summed E-state index contributed by atoms with van der Waals surface area (Å²) in [5.41, 5.74) is 1.47. The van der Waals surface area contributed by atoms with Gasteiger partial charge >= 0.3 is 5.97 Å². The van der Waals surface area contributed by atoms with E-state index in [0.29, 0.717) is 23.7 Å². The minimum absolute atomic E-state index is 0.157. The number of sulfonamides is 1. The van der Waals surface area contributed by atoms with Gasteiger partial charge in [-0.15, -0.1) is 0 Å². The summed E-state index contributed by atoms with van der Waals surface area (Å²) in [5.74, 6) is -0.302. The molecule has 0 aliphatic carbocycles. The maximum Gasteiger partial charge on any atom is 0.310 e. The highest BCUT2D eigenvalue weighted by Gasteiger charge is 2.23. The van der Waals surface area contributed by atoms with E-state index < -0.39 is 16.1 Å². The smallest absolute Gasteiger partial charge is 0.310 e. The second-order valence-electron chi connectivity index (χ2n) is 6.59. The Morgan fingerprint density at radius 2 is 1.87 bits per heavy atom. The highest BCUT2D eigenvalue weighted by Crippen LogP contribution is 2.17. The first kappa shape index (κ1) is 24.5. The van der Waals surface area contributed by atoms with Gasteiger partial charge in [-0.25, -0.2) is 13.1 Å². The molecular formula is C21H25BrN2O4S2. The number of esters is 1. The number of ether oxygens (including phenoxy) is 1. The molecular weight excluding hydrogens is 488 g/mol. The SMILES string of the molecule is CCC[C@H](NS(=O)(=O)c1ccc(Br)cc1)C(=S)Nc1cccc(CC(=O)OCC)c1. The molecule has 0 amide bonds. The number of hydrogen-bond donors (Lipinski definition) is 2. The molecule has 6 nitrogen and oxygen atoms in total. The van der Waals surface area contributed by atoms with E-state index in [-0.39, 0.29) is 17.3 Å². The van der Waals surface area contributed by atoms with Crippen molar-refractivity contribution in [2.24, 2.45) is 0 Å². The Morgan fingerprint density at radius 1 is 1.17 bits per heavy atom. The average Bonchev–Trinajstić information content (AvgIpc) is 2.68. The predicted octanol–water partition coefficient (Wildman–Crippen LogP) is 4.44. The van der Waals surface area contributed by atoms with Crippen LogP contribution in [0.4, 0.5) is 5.69 Å². The molecule has 0 fully saturated rings. The first-order valence-corrected chi connectivity index (χ1v) is 12.3. The van der Waals surface area contributed by atoms with Crippen LogP contribution in [0.5, 0.6) is 0 Å². The van der Waals surface area contributed by atoms with E-state index in [2.05, 4.69) is 26.0 Å². The Bertz CT molecular complexity index is 979. The van der Waals surface area contributed by atoms with Crippen molar-refractivity contribution in [2.75, 3.05) is 11.9 Å². The van der Waals surface area contributed by atoms with Crippen LogP contribution in [0.1, 0.15) is 32.3 Å². The average molecular weight is 513 g/mol. The van der Waals surface area contributed by atoms with Gasteiger partial charge in [-0.05, 0) is 55.3 Å². The van der Waals surface area contributed by atoms with E-state index in [1.54, 1.807) is 31.2 Å². The molecule has 0 saturated carbocycles. The Labute approximate surface area is 191 Å². The zero-order valence-corrected chi connectivity index (χ0v) is 20.1. The molecule has 0 aliphatic rings. The highest BCUT2D eigenvalue weighted by molar-refractivity contribution is 9.10. The number of nitrogens with one attached hydrogen (secondary N) is 2. The van der Waals surface area contributed by atoms with E-state index >= 15 is 0 Å². The van der Waals surface area contributed by atoms with E-state index in [1.165, 1.54) is 12.1 Å². The second kappa shape index (κ2) is 11.5. The summed E-state index contributed by atoms with van der Waals surface area (Å²) in [5, 5.41) is 3.10. The number of thiocarbonyl (C=S) groups is 1. The molecule has 0 aliphatic heterocycles. The lowest BCUT2D eigenvalue weighted by molar-refractivity contribution is -0.142. The van der Waals surface area contributed by atoms with Gasteiger partial charge in [0.25, 0.3) is 0 Å². The lowest BCUT2D eigenvalue weighted by Crippen LogP contribution is -2.42. The summed E-state index contributed by atoms with van der Waals surface area (Å²) in [7, 11) is -3.73. The van der Waals surface area contributed by atoms with Crippen molar-refractivity contribution in [1.29, 1.82) is 0 Å². The van der Waals surface area contributed by atoms with Crippen LogP contribution in [-0.4, -0.2) is 32.0 Å². The van der Waals surface area contributed by atoms with Gasteiger partial charge in [0.15, 0.2) is 0 Å². The lowest BCUT2D eigenvalue weighted by Gasteiger charge is -2.21. The summed E-state index contributed by atoms with van der Waals surface area (Å²) < 4.78 is 34.0. The van der Waals surface area contributed by atoms with Crippen molar-refractivity contribution in [2.45, 2.75) is 44.0 Å². The minimum Gasteiger partial charge on any atom is -0.466 e. The van der Waals surface area contributed by atoms with E-state index in [1.807, 2.05) is 19.1 Å². The summed E-state index contributed by atoms with van der Waals surface area (Å²) in [4.78, 5) is 12.2. The predicted molar refractivity (Wildman–Crippen MR) is 126 cm³/mol. The Morgan fingerprint density at radius 3 is 2.50 bits per heavy atom. The molecule has 0 saturated heterocycles. The molecule has 0 bridgehead atoms. The molecule has 2 rings (SSSR count). The monoisotopic (exact) mass is 512 g/mol. The molecule has 0 radical (unpaired) electrons. The topological polar surface area (TPSA) is 84.5 Å². The van der Waals surface area contributed by atoms with Crippen molar-refractivity contribution in [3.63, 3.8) is 0 Å². The van der Waals surface area contributed by atoms with Crippen molar-refractivity contribution >= 4 is 54.8 Å². The number of carbonyl (C=O) groups is 1. The van der Waals surface area contributed by atoms with Gasteiger partial charge in [0.05, 0.1) is 29.0 Å². The first-order valence-electron chi connectivity index (χ1n) is 9.58. The Kier molecular flexibility index (Phi) is 9.41. The summed E-state index contributed by atoms with van der Waals surface area (Å²) >= 11 is 8.80. The first-order chi connectivity index (χ1) is 14.2. The molecule has 2 aromatic rings. The molecule has 0 heterocycles. The zero-order valence-electron chi connectivity index (χ0n) is 16.9. The quantitative estimate of drug-likeness (QED) is 0.361. The Hall–Kier alpha value is -1.81. The lowest BCUT2D eigenvalue weighted by atomic mass is 10.1. The van der Waals surface area contributed by atoms with Crippen LogP contribution in [0, 0.1) is 0 Å². The van der Waals surface area contributed by atoms with Crippen LogP contribution in [0.2, 0.25) is 0 Å². The number of hydrogen-bond acceptors (Lipinski definition) is 5. The number of carbonyl (C=O) groups excluding carboxylic acids is 1. The van der Waals surface area contributed by atoms with Crippen LogP contribution in [0.3, 0.4) is 0 Å². The van der Waals surface area contributed by atoms with Crippen LogP contribution in [0.25, 0.3) is 0 Å². The Balaban J connectivity index is 2.12. The summed E-state index contributed by atoms with van der Waals surface area (Å²) in [6.07, 6.45) is 1.45.